The maximum absolute atomic E-state index is 5.91. The lowest BCUT2D eigenvalue weighted by molar-refractivity contribution is 0.306. The van der Waals surface area contributed by atoms with E-state index in [1.54, 1.807) is 0 Å². The number of ether oxygens (including phenoxy) is 1. The van der Waals surface area contributed by atoms with Gasteiger partial charge in [0.05, 0.1) is 5.69 Å². The van der Waals surface area contributed by atoms with Crippen LogP contribution >= 0.6 is 0 Å². The Morgan fingerprint density at radius 1 is 0.808 bits per heavy atom. The van der Waals surface area contributed by atoms with Gasteiger partial charge in [-0.3, -0.25) is 0 Å². The van der Waals surface area contributed by atoms with Crippen LogP contribution in [0.4, 0.5) is 5.69 Å². The van der Waals surface area contributed by atoms with Crippen molar-refractivity contribution in [1.29, 1.82) is 0 Å². The van der Waals surface area contributed by atoms with Crippen molar-refractivity contribution in [2.24, 2.45) is 0 Å². The van der Waals surface area contributed by atoms with Crippen molar-refractivity contribution < 1.29 is 4.74 Å². The van der Waals surface area contributed by atoms with Gasteiger partial charge >= 0.3 is 0 Å². The summed E-state index contributed by atoms with van der Waals surface area (Å²) in [6.07, 6.45) is 3.88. The Kier molecular flexibility index (Phi) is 5.20. The first kappa shape index (κ1) is 16.7. The van der Waals surface area contributed by atoms with Crippen molar-refractivity contribution >= 4 is 5.69 Å². The highest BCUT2D eigenvalue weighted by Gasteiger charge is 2.15. The van der Waals surface area contributed by atoms with E-state index in [-0.39, 0.29) is 0 Å². The van der Waals surface area contributed by atoms with Crippen molar-refractivity contribution in [3.8, 4) is 16.9 Å². The highest BCUT2D eigenvalue weighted by atomic mass is 16.5. The summed E-state index contributed by atoms with van der Waals surface area (Å²) in [4.78, 5) is 2.47. The lowest BCUT2D eigenvalue weighted by Crippen LogP contribution is -2.29. The largest absolute Gasteiger partial charge is 0.489 e. The van der Waals surface area contributed by atoms with E-state index in [9.17, 15) is 0 Å². The molecule has 0 aliphatic carbocycles. The minimum Gasteiger partial charge on any atom is -0.489 e. The molecule has 0 bridgehead atoms. The van der Waals surface area contributed by atoms with Crippen molar-refractivity contribution in [3.63, 3.8) is 0 Å². The van der Waals surface area contributed by atoms with Gasteiger partial charge < -0.3 is 9.64 Å². The van der Waals surface area contributed by atoms with E-state index in [0.29, 0.717) is 6.61 Å². The van der Waals surface area contributed by atoms with Gasteiger partial charge in [-0.05, 0) is 42.5 Å². The van der Waals surface area contributed by atoms with E-state index in [0.717, 1.165) is 18.8 Å². The van der Waals surface area contributed by atoms with Gasteiger partial charge in [0.1, 0.15) is 12.4 Å². The van der Waals surface area contributed by atoms with Crippen molar-refractivity contribution in [3.05, 3.63) is 84.4 Å². The average molecular weight is 342 g/mol. The molecule has 0 atom stereocenters. The molecule has 0 N–H and O–H groups in total. The summed E-state index contributed by atoms with van der Waals surface area (Å²) >= 11 is 0. The molecule has 26 heavy (non-hydrogen) atoms. The molecule has 1 saturated heterocycles. The molecule has 3 aromatic rings. The maximum Gasteiger partial charge on any atom is 0.119 e. The summed E-state index contributed by atoms with van der Waals surface area (Å²) in [5.74, 6) is 0.900. The minimum absolute atomic E-state index is 0.596. The van der Waals surface area contributed by atoms with Gasteiger partial charge in [0, 0.05) is 24.7 Å². The molecule has 2 heteroatoms. The van der Waals surface area contributed by atoms with E-state index < -0.39 is 0 Å². The van der Waals surface area contributed by atoms with Crippen LogP contribution in [-0.4, -0.2) is 13.1 Å². The molecule has 1 fully saturated rings. The summed E-state index contributed by atoms with van der Waals surface area (Å²) < 4.78 is 5.91. The highest BCUT2D eigenvalue weighted by molar-refractivity contribution is 5.78. The highest BCUT2D eigenvalue weighted by Crippen LogP contribution is 2.33. The second-order valence-corrected chi connectivity index (χ2v) is 6.78. The fourth-order valence-electron chi connectivity index (χ4n) is 3.51. The normalized spacial score (nSPS) is 14.2. The van der Waals surface area contributed by atoms with E-state index in [4.69, 9.17) is 4.74 Å². The zero-order chi connectivity index (χ0) is 17.6. The number of benzene rings is 3. The summed E-state index contributed by atoms with van der Waals surface area (Å²) in [6.45, 7) is 2.86. The Labute approximate surface area is 156 Å². The van der Waals surface area contributed by atoms with Gasteiger partial charge in [-0.25, -0.2) is 0 Å². The predicted octanol–water partition coefficient (Wildman–Crippen LogP) is 5.72. The molecular weight excluding hydrogens is 318 g/mol. The summed E-state index contributed by atoms with van der Waals surface area (Å²) in [5.41, 5.74) is 4.88. The molecule has 0 unspecified atom stereocenters. The quantitative estimate of drug-likeness (QED) is 0.588. The smallest absolute Gasteiger partial charge is 0.119 e. The Balaban J connectivity index is 1.50. The monoisotopic (exact) mass is 342 g/mol. The zero-order valence-electron chi connectivity index (χ0n) is 15.0. The van der Waals surface area contributed by atoms with Gasteiger partial charge in [0.2, 0.25) is 0 Å². The molecule has 0 spiro atoms. The standard InChI is InChI=1S/C24H24NO/c1-3-9-20(10-4-1)19-26-22-15-13-21(14-16-22)23-11-5-6-12-24(23)25-17-7-2-8-18-25/h1,3-6,9-11,13-16H,2,7-8,17-19H2. The molecule has 0 saturated carbocycles. The van der Waals surface area contributed by atoms with Gasteiger partial charge in [0.15, 0.2) is 0 Å². The second-order valence-electron chi connectivity index (χ2n) is 6.78. The summed E-state index contributed by atoms with van der Waals surface area (Å²) in [6, 6.07) is 28.4. The topological polar surface area (TPSA) is 12.5 Å². The average Bonchev–Trinajstić information content (AvgIpc) is 2.74. The first-order chi connectivity index (χ1) is 12.9. The van der Waals surface area contributed by atoms with Gasteiger partial charge in [-0.15, -0.1) is 0 Å². The lowest BCUT2D eigenvalue weighted by Gasteiger charge is -2.30. The Morgan fingerprint density at radius 3 is 2.35 bits per heavy atom. The third kappa shape index (κ3) is 3.91. The third-order valence-corrected chi connectivity index (χ3v) is 4.92. The van der Waals surface area contributed by atoms with Crippen LogP contribution in [0.1, 0.15) is 24.8 Å². The van der Waals surface area contributed by atoms with Gasteiger partial charge in [-0.2, -0.15) is 0 Å². The Morgan fingerprint density at radius 2 is 1.58 bits per heavy atom. The number of para-hydroxylation sites is 1. The predicted molar refractivity (Wildman–Crippen MR) is 108 cm³/mol. The zero-order valence-corrected chi connectivity index (χ0v) is 15.0. The molecule has 1 heterocycles. The molecule has 131 valence electrons. The molecule has 0 aromatic heterocycles. The van der Waals surface area contributed by atoms with Crippen LogP contribution in [0.3, 0.4) is 0 Å². The molecule has 1 aliphatic rings. The third-order valence-electron chi connectivity index (χ3n) is 4.92. The van der Waals surface area contributed by atoms with Crippen LogP contribution in [0, 0.1) is 6.07 Å². The van der Waals surface area contributed by atoms with E-state index >= 15 is 0 Å². The SMILES string of the molecule is [c]1cccc(-c2ccc(OCc3ccccc3)cc2)c1N1CCCCC1. The summed E-state index contributed by atoms with van der Waals surface area (Å²) in [7, 11) is 0. The fourth-order valence-corrected chi connectivity index (χ4v) is 3.51. The van der Waals surface area contributed by atoms with Gasteiger partial charge in [0.25, 0.3) is 0 Å². The van der Waals surface area contributed by atoms with Crippen LogP contribution in [0.2, 0.25) is 0 Å². The van der Waals surface area contributed by atoms with Crippen LogP contribution in [0.15, 0.2) is 72.8 Å². The van der Waals surface area contributed by atoms with Crippen molar-refractivity contribution in [1.82, 2.24) is 0 Å². The van der Waals surface area contributed by atoms with Crippen LogP contribution < -0.4 is 9.64 Å². The second kappa shape index (κ2) is 8.09. The number of anilines is 1. The van der Waals surface area contributed by atoms with Crippen molar-refractivity contribution in [2.75, 3.05) is 18.0 Å². The molecule has 2 nitrogen and oxygen atoms in total. The molecule has 0 amide bonds. The van der Waals surface area contributed by atoms with Crippen LogP contribution in [-0.2, 0) is 6.61 Å². The molecular formula is C24H24NO. The fraction of sp³-hybridized carbons (Fsp3) is 0.250. The van der Waals surface area contributed by atoms with Crippen LogP contribution in [0.5, 0.6) is 5.75 Å². The molecule has 1 radical (unpaired) electrons. The number of rotatable bonds is 5. The van der Waals surface area contributed by atoms with Crippen LogP contribution in [0.25, 0.3) is 11.1 Å². The first-order valence-corrected chi connectivity index (χ1v) is 9.43. The Hall–Kier alpha value is -2.74. The van der Waals surface area contributed by atoms with E-state index in [1.165, 1.54) is 41.6 Å². The first-order valence-electron chi connectivity index (χ1n) is 9.43. The van der Waals surface area contributed by atoms with E-state index in [1.807, 2.05) is 24.3 Å². The minimum atomic E-state index is 0.596. The lowest BCUT2D eigenvalue weighted by atomic mass is 10.0. The van der Waals surface area contributed by atoms with Crippen molar-refractivity contribution in [2.45, 2.75) is 25.9 Å². The van der Waals surface area contributed by atoms with E-state index in [2.05, 4.69) is 59.5 Å². The maximum atomic E-state index is 5.91. The molecule has 4 rings (SSSR count). The number of hydrogen-bond donors (Lipinski definition) is 0. The molecule has 3 aromatic carbocycles. The number of piperidine rings is 1. The van der Waals surface area contributed by atoms with Gasteiger partial charge in [-0.1, -0.05) is 60.7 Å². The Bertz CT molecular complexity index is 820. The summed E-state index contributed by atoms with van der Waals surface area (Å²) in [5, 5.41) is 0. The molecule has 1 aliphatic heterocycles. The number of hydrogen-bond acceptors (Lipinski definition) is 2. The number of nitrogens with zero attached hydrogens (tertiary/aromatic N) is 1.